The van der Waals surface area contributed by atoms with Gasteiger partial charge in [0, 0.05) is 24.5 Å². The Morgan fingerprint density at radius 2 is 1.94 bits per heavy atom. The molecule has 3 heteroatoms. The molecule has 1 rings (SSSR count). The van der Waals surface area contributed by atoms with Crippen LogP contribution in [0.2, 0.25) is 0 Å². The molecule has 1 aliphatic heterocycles. The molecule has 0 aromatic heterocycles. The summed E-state index contributed by atoms with van der Waals surface area (Å²) in [6.07, 6.45) is 8.40. The van der Waals surface area contributed by atoms with Crippen LogP contribution < -0.4 is 0 Å². The van der Waals surface area contributed by atoms with Gasteiger partial charge in [-0.25, -0.2) is 0 Å². The van der Waals surface area contributed by atoms with Gasteiger partial charge in [0.25, 0.3) is 0 Å². The van der Waals surface area contributed by atoms with Gasteiger partial charge in [-0.2, -0.15) is 11.8 Å². The van der Waals surface area contributed by atoms with E-state index in [9.17, 15) is 4.79 Å². The fraction of sp³-hybridized carbons (Fsp3) is 0.929. The van der Waals surface area contributed by atoms with E-state index in [-0.39, 0.29) is 6.04 Å². The van der Waals surface area contributed by atoms with Crippen LogP contribution in [0.25, 0.3) is 0 Å². The molecule has 0 aromatic rings. The SMILES string of the molecule is CCCCCCCCC(=O)C1CSCCN1C. The molecule has 0 bridgehead atoms. The van der Waals surface area contributed by atoms with Crippen LogP contribution in [0.1, 0.15) is 51.9 Å². The molecule has 100 valence electrons. The second-order valence-corrected chi connectivity index (χ2v) is 6.21. The van der Waals surface area contributed by atoms with Gasteiger partial charge in [-0.05, 0) is 13.5 Å². The summed E-state index contributed by atoms with van der Waals surface area (Å²) in [5, 5.41) is 0. The Morgan fingerprint density at radius 3 is 2.65 bits per heavy atom. The number of thioether (sulfide) groups is 1. The Labute approximate surface area is 111 Å². The Hall–Kier alpha value is -0.0200. The monoisotopic (exact) mass is 257 g/mol. The molecule has 2 nitrogen and oxygen atoms in total. The number of unbranched alkanes of at least 4 members (excludes halogenated alkanes) is 5. The Balaban J connectivity index is 2.07. The lowest BCUT2D eigenvalue weighted by molar-refractivity contribution is -0.123. The third-order valence-electron chi connectivity index (χ3n) is 3.54. The predicted octanol–water partition coefficient (Wildman–Crippen LogP) is 3.35. The van der Waals surface area contributed by atoms with Crippen LogP contribution in [0.3, 0.4) is 0 Å². The molecule has 1 unspecified atom stereocenters. The Kier molecular flexibility index (Phi) is 7.95. The van der Waals surface area contributed by atoms with Gasteiger partial charge in [-0.15, -0.1) is 0 Å². The Morgan fingerprint density at radius 1 is 1.24 bits per heavy atom. The standard InChI is InChI=1S/C14H27NOS/c1-3-4-5-6-7-8-9-14(16)13-12-17-11-10-15(13)2/h13H,3-12H2,1-2H3. The van der Waals surface area contributed by atoms with Crippen molar-refractivity contribution in [3.05, 3.63) is 0 Å². The fourth-order valence-electron chi connectivity index (χ4n) is 2.27. The molecule has 1 heterocycles. The van der Waals surface area contributed by atoms with Crippen LogP contribution in [0.15, 0.2) is 0 Å². The maximum Gasteiger partial charge on any atom is 0.150 e. The first kappa shape index (κ1) is 15.0. The van der Waals surface area contributed by atoms with Gasteiger partial charge in [-0.1, -0.05) is 39.0 Å². The van der Waals surface area contributed by atoms with Crippen molar-refractivity contribution in [1.29, 1.82) is 0 Å². The van der Waals surface area contributed by atoms with Crippen molar-refractivity contribution in [2.75, 3.05) is 25.1 Å². The molecule has 0 aromatic carbocycles. The number of hydrogen-bond acceptors (Lipinski definition) is 3. The number of carbonyl (C=O) groups excluding carboxylic acids is 1. The molecule has 17 heavy (non-hydrogen) atoms. The van der Waals surface area contributed by atoms with Gasteiger partial charge in [0.2, 0.25) is 0 Å². The van der Waals surface area contributed by atoms with Gasteiger partial charge in [0.15, 0.2) is 5.78 Å². The first-order valence-electron chi connectivity index (χ1n) is 7.06. The summed E-state index contributed by atoms with van der Waals surface area (Å²) in [4.78, 5) is 14.3. The molecular weight excluding hydrogens is 230 g/mol. The molecule has 1 atom stereocenters. The van der Waals surface area contributed by atoms with Crippen molar-refractivity contribution in [2.45, 2.75) is 57.9 Å². The molecule has 0 saturated carbocycles. The first-order valence-corrected chi connectivity index (χ1v) is 8.22. The zero-order valence-corrected chi connectivity index (χ0v) is 12.2. The lowest BCUT2D eigenvalue weighted by Crippen LogP contribution is -2.44. The topological polar surface area (TPSA) is 20.3 Å². The zero-order chi connectivity index (χ0) is 12.5. The van der Waals surface area contributed by atoms with E-state index in [4.69, 9.17) is 0 Å². The number of likely N-dealkylation sites (N-methyl/N-ethyl adjacent to an activating group) is 1. The molecule has 1 aliphatic rings. The van der Waals surface area contributed by atoms with E-state index in [2.05, 4.69) is 18.9 Å². The second-order valence-electron chi connectivity index (χ2n) is 5.06. The fourth-order valence-corrected chi connectivity index (χ4v) is 3.52. The molecule has 0 N–H and O–H groups in total. The van der Waals surface area contributed by atoms with Crippen molar-refractivity contribution in [1.82, 2.24) is 4.90 Å². The van der Waals surface area contributed by atoms with Crippen molar-refractivity contribution >= 4 is 17.5 Å². The minimum atomic E-state index is 0.199. The highest BCUT2D eigenvalue weighted by atomic mass is 32.2. The van der Waals surface area contributed by atoms with E-state index in [1.165, 1.54) is 37.9 Å². The number of hydrogen-bond donors (Lipinski definition) is 0. The molecular formula is C14H27NOS. The first-order chi connectivity index (χ1) is 8.25. The lowest BCUT2D eigenvalue weighted by Gasteiger charge is -2.30. The Bertz CT molecular complexity index is 220. The largest absolute Gasteiger partial charge is 0.298 e. The third kappa shape index (κ3) is 5.91. The summed E-state index contributed by atoms with van der Waals surface area (Å²) < 4.78 is 0. The predicted molar refractivity (Wildman–Crippen MR) is 76.7 cm³/mol. The maximum atomic E-state index is 12.0. The van der Waals surface area contributed by atoms with E-state index in [0.717, 1.165) is 25.1 Å². The lowest BCUT2D eigenvalue weighted by atomic mass is 10.0. The second kappa shape index (κ2) is 8.98. The highest BCUT2D eigenvalue weighted by molar-refractivity contribution is 7.99. The summed E-state index contributed by atoms with van der Waals surface area (Å²) in [7, 11) is 2.09. The summed E-state index contributed by atoms with van der Waals surface area (Å²) in [5.41, 5.74) is 0. The van der Waals surface area contributed by atoms with Crippen molar-refractivity contribution < 1.29 is 4.79 Å². The molecule has 0 aliphatic carbocycles. The van der Waals surface area contributed by atoms with Gasteiger partial charge >= 0.3 is 0 Å². The minimum absolute atomic E-state index is 0.199. The molecule has 1 fully saturated rings. The van der Waals surface area contributed by atoms with Crippen molar-refractivity contribution in [3.8, 4) is 0 Å². The van der Waals surface area contributed by atoms with Crippen LogP contribution in [0, 0.1) is 0 Å². The van der Waals surface area contributed by atoms with E-state index < -0.39 is 0 Å². The highest BCUT2D eigenvalue weighted by Crippen LogP contribution is 2.17. The number of rotatable bonds is 8. The van der Waals surface area contributed by atoms with Crippen LogP contribution in [0.4, 0.5) is 0 Å². The summed E-state index contributed by atoms with van der Waals surface area (Å²) in [5.74, 6) is 2.65. The van der Waals surface area contributed by atoms with E-state index in [0.29, 0.717) is 5.78 Å². The zero-order valence-electron chi connectivity index (χ0n) is 11.4. The maximum absolute atomic E-state index is 12.0. The summed E-state index contributed by atoms with van der Waals surface area (Å²) >= 11 is 1.92. The van der Waals surface area contributed by atoms with Crippen LogP contribution in [-0.2, 0) is 4.79 Å². The minimum Gasteiger partial charge on any atom is -0.298 e. The number of Topliss-reactive ketones (excluding diaryl/α,β-unsaturated/α-hetero) is 1. The molecule has 0 radical (unpaired) electrons. The summed E-state index contributed by atoms with van der Waals surface area (Å²) in [6, 6.07) is 0.199. The molecule has 0 amide bonds. The average molecular weight is 257 g/mol. The van der Waals surface area contributed by atoms with Crippen LogP contribution in [-0.4, -0.2) is 41.8 Å². The smallest absolute Gasteiger partial charge is 0.150 e. The van der Waals surface area contributed by atoms with E-state index in [1.807, 2.05) is 11.8 Å². The summed E-state index contributed by atoms with van der Waals surface area (Å²) in [6.45, 7) is 3.30. The van der Waals surface area contributed by atoms with Gasteiger partial charge in [0.05, 0.1) is 6.04 Å². The normalized spacial score (nSPS) is 21.6. The van der Waals surface area contributed by atoms with Gasteiger partial charge in [0.1, 0.15) is 0 Å². The van der Waals surface area contributed by atoms with Crippen LogP contribution in [0.5, 0.6) is 0 Å². The molecule has 1 saturated heterocycles. The van der Waals surface area contributed by atoms with E-state index >= 15 is 0 Å². The highest BCUT2D eigenvalue weighted by Gasteiger charge is 2.25. The van der Waals surface area contributed by atoms with Crippen molar-refractivity contribution in [3.63, 3.8) is 0 Å². The quantitative estimate of drug-likeness (QED) is 0.622. The number of carbonyl (C=O) groups is 1. The van der Waals surface area contributed by atoms with Crippen molar-refractivity contribution in [2.24, 2.45) is 0 Å². The number of ketones is 1. The third-order valence-corrected chi connectivity index (χ3v) is 4.57. The average Bonchev–Trinajstić information content (AvgIpc) is 2.34. The van der Waals surface area contributed by atoms with Gasteiger partial charge < -0.3 is 0 Å². The van der Waals surface area contributed by atoms with Gasteiger partial charge in [-0.3, -0.25) is 9.69 Å². The number of nitrogens with zero attached hydrogens (tertiary/aromatic N) is 1. The molecule has 0 spiro atoms. The van der Waals surface area contributed by atoms with Crippen LogP contribution >= 0.6 is 11.8 Å². The van der Waals surface area contributed by atoms with E-state index in [1.54, 1.807) is 0 Å².